The maximum absolute atomic E-state index is 12.6. The molecule has 0 saturated carbocycles. The van der Waals surface area contributed by atoms with Crippen molar-refractivity contribution in [2.45, 2.75) is 45.4 Å². The molecule has 8 heteroatoms. The van der Waals surface area contributed by atoms with Gasteiger partial charge in [-0.2, -0.15) is 8.78 Å². The van der Waals surface area contributed by atoms with Crippen molar-refractivity contribution in [3.05, 3.63) is 28.2 Å². The van der Waals surface area contributed by atoms with Crippen LogP contribution in [0.4, 0.5) is 8.78 Å². The van der Waals surface area contributed by atoms with Gasteiger partial charge in [0, 0.05) is 42.8 Å². The molecule has 0 aliphatic carbocycles. The fourth-order valence-corrected chi connectivity index (χ4v) is 3.49. The zero-order valence-corrected chi connectivity index (χ0v) is 16.9. The van der Waals surface area contributed by atoms with Crippen molar-refractivity contribution in [3.8, 4) is 5.75 Å². The van der Waals surface area contributed by atoms with E-state index in [1.807, 2.05) is 0 Å². The Morgan fingerprint density at radius 2 is 2.12 bits per heavy atom. The van der Waals surface area contributed by atoms with Gasteiger partial charge in [-0.15, -0.1) is 0 Å². The van der Waals surface area contributed by atoms with Crippen molar-refractivity contribution in [2.24, 2.45) is 4.99 Å². The number of rotatable bonds is 7. The minimum Gasteiger partial charge on any atom is -0.434 e. The molecule has 2 rings (SSSR count). The summed E-state index contributed by atoms with van der Waals surface area (Å²) in [5, 5.41) is 6.61. The highest BCUT2D eigenvalue weighted by Gasteiger charge is 2.19. The zero-order valence-electron chi connectivity index (χ0n) is 15.3. The van der Waals surface area contributed by atoms with Gasteiger partial charge in [0.25, 0.3) is 0 Å². The van der Waals surface area contributed by atoms with Crippen LogP contribution in [0.25, 0.3) is 0 Å². The number of aliphatic imine (C=N–C) groups is 1. The van der Waals surface area contributed by atoms with E-state index in [4.69, 9.17) is 0 Å². The first-order chi connectivity index (χ1) is 12.5. The van der Waals surface area contributed by atoms with Crippen molar-refractivity contribution in [1.82, 2.24) is 15.5 Å². The molecule has 0 bridgehead atoms. The number of nitrogens with one attached hydrogen (secondary N) is 2. The minimum absolute atomic E-state index is 0.166. The molecular formula is C18H27BrF2N4O. The number of alkyl halides is 2. The number of hydrogen-bond acceptors (Lipinski definition) is 3. The topological polar surface area (TPSA) is 48.9 Å². The highest BCUT2D eigenvalue weighted by molar-refractivity contribution is 9.10. The molecule has 1 aromatic rings. The molecular weight excluding hydrogens is 406 g/mol. The van der Waals surface area contributed by atoms with Crippen LogP contribution in [0.15, 0.2) is 27.7 Å². The fraction of sp³-hybridized carbons (Fsp3) is 0.611. The van der Waals surface area contributed by atoms with Gasteiger partial charge in [0.05, 0.1) is 0 Å². The molecule has 0 aromatic heterocycles. The molecule has 1 heterocycles. The van der Waals surface area contributed by atoms with Crippen LogP contribution in [0.5, 0.6) is 5.75 Å². The molecule has 1 fully saturated rings. The van der Waals surface area contributed by atoms with E-state index in [-0.39, 0.29) is 5.75 Å². The standard InChI is InChI=1S/C18H27BrF2N4O/c1-3-8-25-9-6-15(7-10-25)24-18(22-2)23-12-13-11-14(19)4-5-16(13)26-17(20)21/h4-5,11,15,17H,3,6-10,12H2,1-2H3,(H2,22,23,24). The molecule has 1 aliphatic rings. The van der Waals surface area contributed by atoms with Crippen LogP contribution in [0.2, 0.25) is 0 Å². The Labute approximate surface area is 162 Å². The number of nitrogens with zero attached hydrogens (tertiary/aromatic N) is 2. The van der Waals surface area contributed by atoms with Crippen LogP contribution >= 0.6 is 15.9 Å². The molecule has 146 valence electrons. The predicted octanol–water partition coefficient (Wildman–Crippen LogP) is 3.59. The third-order valence-corrected chi connectivity index (χ3v) is 4.87. The lowest BCUT2D eigenvalue weighted by Gasteiger charge is -2.32. The molecule has 2 N–H and O–H groups in total. The molecule has 1 aromatic carbocycles. The van der Waals surface area contributed by atoms with Crippen LogP contribution in [-0.2, 0) is 6.54 Å². The largest absolute Gasteiger partial charge is 0.434 e. The van der Waals surface area contributed by atoms with Gasteiger partial charge < -0.3 is 20.3 Å². The van der Waals surface area contributed by atoms with E-state index in [2.05, 4.69) is 48.1 Å². The average molecular weight is 433 g/mol. The van der Waals surface area contributed by atoms with Gasteiger partial charge in [-0.05, 0) is 44.0 Å². The second-order valence-corrected chi connectivity index (χ2v) is 7.23. The number of halogens is 3. The van der Waals surface area contributed by atoms with Gasteiger partial charge in [0.2, 0.25) is 0 Å². The Bertz CT molecular complexity index is 593. The van der Waals surface area contributed by atoms with E-state index >= 15 is 0 Å². The van der Waals surface area contributed by atoms with Crippen molar-refractivity contribution in [3.63, 3.8) is 0 Å². The molecule has 5 nitrogen and oxygen atoms in total. The monoisotopic (exact) mass is 432 g/mol. The molecule has 0 radical (unpaired) electrons. The van der Waals surface area contributed by atoms with Gasteiger partial charge in [-0.3, -0.25) is 4.99 Å². The van der Waals surface area contributed by atoms with Crippen molar-refractivity contribution in [1.29, 1.82) is 0 Å². The predicted molar refractivity (Wildman–Crippen MR) is 104 cm³/mol. The van der Waals surface area contributed by atoms with Gasteiger partial charge in [0.15, 0.2) is 5.96 Å². The van der Waals surface area contributed by atoms with Crippen molar-refractivity contribution < 1.29 is 13.5 Å². The molecule has 0 amide bonds. The summed E-state index contributed by atoms with van der Waals surface area (Å²) in [7, 11) is 1.71. The van der Waals surface area contributed by atoms with Crippen molar-refractivity contribution in [2.75, 3.05) is 26.7 Å². The lowest BCUT2D eigenvalue weighted by Crippen LogP contribution is -2.48. The van der Waals surface area contributed by atoms with Gasteiger partial charge in [-0.1, -0.05) is 22.9 Å². The molecule has 0 unspecified atom stereocenters. The van der Waals surface area contributed by atoms with Gasteiger partial charge >= 0.3 is 6.61 Å². The Kier molecular flexibility index (Phi) is 8.58. The molecule has 0 spiro atoms. The van der Waals surface area contributed by atoms with Crippen LogP contribution in [0.3, 0.4) is 0 Å². The summed E-state index contributed by atoms with van der Waals surface area (Å²) >= 11 is 3.36. The normalized spacial score (nSPS) is 16.8. The third-order valence-electron chi connectivity index (χ3n) is 4.38. The Morgan fingerprint density at radius 1 is 1.38 bits per heavy atom. The van der Waals surface area contributed by atoms with E-state index in [9.17, 15) is 8.78 Å². The van der Waals surface area contributed by atoms with Gasteiger partial charge in [0.1, 0.15) is 5.75 Å². The summed E-state index contributed by atoms with van der Waals surface area (Å²) < 4.78 is 30.5. The third kappa shape index (κ3) is 6.72. The van der Waals surface area contributed by atoms with Crippen LogP contribution < -0.4 is 15.4 Å². The first kappa shape index (κ1) is 20.9. The van der Waals surface area contributed by atoms with E-state index < -0.39 is 6.61 Å². The Morgan fingerprint density at radius 3 is 2.73 bits per heavy atom. The van der Waals surface area contributed by atoms with E-state index in [1.165, 1.54) is 12.5 Å². The van der Waals surface area contributed by atoms with E-state index in [1.54, 1.807) is 19.2 Å². The molecule has 26 heavy (non-hydrogen) atoms. The highest BCUT2D eigenvalue weighted by atomic mass is 79.9. The van der Waals surface area contributed by atoms with Crippen LogP contribution in [0, 0.1) is 0 Å². The summed E-state index contributed by atoms with van der Waals surface area (Å²) in [6.07, 6.45) is 3.31. The van der Waals surface area contributed by atoms with E-state index in [0.29, 0.717) is 24.1 Å². The van der Waals surface area contributed by atoms with Crippen LogP contribution in [-0.4, -0.2) is 50.2 Å². The quantitative estimate of drug-likeness (QED) is 0.510. The average Bonchev–Trinajstić information content (AvgIpc) is 2.62. The number of likely N-dealkylation sites (tertiary alicyclic amines) is 1. The number of ether oxygens (including phenoxy) is 1. The Balaban J connectivity index is 1.88. The highest BCUT2D eigenvalue weighted by Crippen LogP contribution is 2.24. The minimum atomic E-state index is -2.85. The molecule has 1 saturated heterocycles. The fourth-order valence-electron chi connectivity index (χ4n) is 3.08. The van der Waals surface area contributed by atoms with Crippen LogP contribution in [0.1, 0.15) is 31.7 Å². The molecule has 1 aliphatic heterocycles. The Hall–Kier alpha value is -1.41. The summed E-state index contributed by atoms with van der Waals surface area (Å²) in [6.45, 7) is 3.01. The van der Waals surface area contributed by atoms with E-state index in [0.717, 1.165) is 36.9 Å². The summed E-state index contributed by atoms with van der Waals surface area (Å²) in [6, 6.07) is 5.35. The van der Waals surface area contributed by atoms with Crippen molar-refractivity contribution >= 4 is 21.9 Å². The SMILES string of the molecule is CCCN1CCC(NC(=NC)NCc2cc(Br)ccc2OC(F)F)CC1. The zero-order chi connectivity index (χ0) is 18.9. The maximum Gasteiger partial charge on any atom is 0.387 e. The second-order valence-electron chi connectivity index (χ2n) is 6.32. The number of piperidine rings is 1. The summed E-state index contributed by atoms with van der Waals surface area (Å²) in [4.78, 5) is 6.72. The lowest BCUT2D eigenvalue weighted by atomic mass is 10.1. The smallest absolute Gasteiger partial charge is 0.387 e. The van der Waals surface area contributed by atoms with Gasteiger partial charge in [-0.25, -0.2) is 0 Å². The first-order valence-electron chi connectivity index (χ1n) is 8.94. The number of hydrogen-bond donors (Lipinski definition) is 2. The molecule has 0 atom stereocenters. The number of guanidine groups is 1. The lowest BCUT2D eigenvalue weighted by molar-refractivity contribution is -0.0504. The summed E-state index contributed by atoms with van der Waals surface area (Å²) in [5.74, 6) is 0.834. The second kappa shape index (κ2) is 10.7. The first-order valence-corrected chi connectivity index (χ1v) is 9.74. The maximum atomic E-state index is 12.6. The summed E-state index contributed by atoms with van der Waals surface area (Å²) in [5.41, 5.74) is 0.639. The number of benzene rings is 1.